The summed E-state index contributed by atoms with van der Waals surface area (Å²) in [6.07, 6.45) is 6.34. The Bertz CT molecular complexity index is 481. The summed E-state index contributed by atoms with van der Waals surface area (Å²) < 4.78 is 1.73. The SMILES string of the molecule is CC(=O)c1cc(C(=O)O)n(CC2(C)CCCC2)c1. The Hall–Kier alpha value is -1.58. The molecule has 0 bridgehead atoms. The highest BCUT2D eigenvalue weighted by Crippen LogP contribution is 2.39. The maximum Gasteiger partial charge on any atom is 0.352 e. The van der Waals surface area contributed by atoms with Crippen LogP contribution in [0.5, 0.6) is 0 Å². The van der Waals surface area contributed by atoms with Crippen molar-refractivity contribution in [1.29, 1.82) is 0 Å². The van der Waals surface area contributed by atoms with Crippen molar-refractivity contribution in [2.75, 3.05) is 0 Å². The first-order chi connectivity index (χ1) is 8.41. The molecule has 1 aliphatic carbocycles. The number of Topliss-reactive ketones (excluding diaryl/α,β-unsaturated/α-hetero) is 1. The Balaban J connectivity index is 2.30. The Morgan fingerprint density at radius 1 is 1.39 bits per heavy atom. The van der Waals surface area contributed by atoms with Gasteiger partial charge in [-0.05, 0) is 31.2 Å². The number of nitrogens with zero attached hydrogens (tertiary/aromatic N) is 1. The minimum atomic E-state index is -0.968. The molecule has 0 aliphatic heterocycles. The minimum Gasteiger partial charge on any atom is -0.477 e. The van der Waals surface area contributed by atoms with Crippen LogP contribution in [0.25, 0.3) is 0 Å². The van der Waals surface area contributed by atoms with Gasteiger partial charge in [0.15, 0.2) is 5.78 Å². The molecule has 4 nitrogen and oxygen atoms in total. The molecule has 1 aromatic heterocycles. The summed E-state index contributed by atoms with van der Waals surface area (Å²) >= 11 is 0. The van der Waals surface area contributed by atoms with Crippen LogP contribution in [-0.4, -0.2) is 21.4 Å². The monoisotopic (exact) mass is 249 g/mol. The molecule has 1 aromatic rings. The fourth-order valence-electron chi connectivity index (χ4n) is 2.81. The summed E-state index contributed by atoms with van der Waals surface area (Å²) in [4.78, 5) is 22.5. The summed E-state index contributed by atoms with van der Waals surface area (Å²) in [6.45, 7) is 4.34. The normalized spacial score (nSPS) is 17.9. The number of rotatable bonds is 4. The van der Waals surface area contributed by atoms with E-state index in [1.54, 1.807) is 10.8 Å². The number of carboxylic acids is 1. The van der Waals surface area contributed by atoms with Crippen molar-refractivity contribution in [3.05, 3.63) is 23.5 Å². The molecule has 1 heterocycles. The van der Waals surface area contributed by atoms with E-state index in [0.29, 0.717) is 12.1 Å². The van der Waals surface area contributed by atoms with Crippen molar-refractivity contribution in [1.82, 2.24) is 4.57 Å². The second kappa shape index (κ2) is 4.59. The van der Waals surface area contributed by atoms with E-state index >= 15 is 0 Å². The van der Waals surface area contributed by atoms with Gasteiger partial charge in [-0.3, -0.25) is 4.79 Å². The van der Waals surface area contributed by atoms with E-state index in [1.807, 2.05) is 0 Å². The predicted molar refractivity (Wildman–Crippen MR) is 68.0 cm³/mol. The third-order valence-corrected chi connectivity index (χ3v) is 3.88. The third kappa shape index (κ3) is 2.47. The van der Waals surface area contributed by atoms with E-state index in [9.17, 15) is 14.7 Å². The highest BCUT2D eigenvalue weighted by Gasteiger charge is 2.30. The lowest BCUT2D eigenvalue weighted by molar-refractivity contribution is 0.0681. The van der Waals surface area contributed by atoms with Gasteiger partial charge in [0.2, 0.25) is 0 Å². The molecular weight excluding hydrogens is 230 g/mol. The molecule has 2 rings (SSSR count). The topological polar surface area (TPSA) is 59.3 Å². The maximum atomic E-state index is 11.3. The third-order valence-electron chi connectivity index (χ3n) is 3.88. The maximum absolute atomic E-state index is 11.3. The van der Waals surface area contributed by atoms with Crippen LogP contribution in [0.3, 0.4) is 0 Å². The lowest BCUT2D eigenvalue weighted by atomic mass is 9.89. The van der Waals surface area contributed by atoms with Crippen molar-refractivity contribution in [2.45, 2.75) is 46.1 Å². The van der Waals surface area contributed by atoms with Gasteiger partial charge in [0.1, 0.15) is 5.69 Å². The van der Waals surface area contributed by atoms with Crippen molar-refractivity contribution in [3.8, 4) is 0 Å². The Morgan fingerprint density at radius 3 is 2.50 bits per heavy atom. The van der Waals surface area contributed by atoms with E-state index in [2.05, 4.69) is 6.92 Å². The smallest absolute Gasteiger partial charge is 0.352 e. The second-order valence-corrected chi connectivity index (χ2v) is 5.62. The summed E-state index contributed by atoms with van der Waals surface area (Å²) in [5, 5.41) is 9.19. The van der Waals surface area contributed by atoms with Crippen molar-refractivity contribution in [2.24, 2.45) is 5.41 Å². The molecule has 0 radical (unpaired) electrons. The summed E-state index contributed by atoms with van der Waals surface area (Å²) in [5.41, 5.74) is 0.861. The lowest BCUT2D eigenvalue weighted by Crippen LogP contribution is -2.21. The second-order valence-electron chi connectivity index (χ2n) is 5.62. The largest absolute Gasteiger partial charge is 0.477 e. The fraction of sp³-hybridized carbons (Fsp3) is 0.571. The highest BCUT2D eigenvalue weighted by molar-refractivity contribution is 5.97. The van der Waals surface area contributed by atoms with E-state index in [4.69, 9.17) is 0 Å². The molecule has 0 saturated heterocycles. The Kier molecular flexibility index (Phi) is 3.28. The van der Waals surface area contributed by atoms with E-state index in [-0.39, 0.29) is 16.9 Å². The van der Waals surface area contributed by atoms with Crippen LogP contribution < -0.4 is 0 Å². The van der Waals surface area contributed by atoms with Gasteiger partial charge < -0.3 is 9.67 Å². The van der Waals surface area contributed by atoms with Gasteiger partial charge in [-0.1, -0.05) is 19.8 Å². The first-order valence-corrected chi connectivity index (χ1v) is 6.36. The number of aromatic carboxylic acids is 1. The number of aromatic nitrogens is 1. The number of hydrogen-bond donors (Lipinski definition) is 1. The molecule has 0 aromatic carbocycles. The molecule has 1 saturated carbocycles. The van der Waals surface area contributed by atoms with Crippen LogP contribution in [-0.2, 0) is 6.54 Å². The lowest BCUT2D eigenvalue weighted by Gasteiger charge is -2.24. The van der Waals surface area contributed by atoms with E-state index < -0.39 is 5.97 Å². The first kappa shape index (κ1) is 12.9. The molecule has 0 amide bonds. The van der Waals surface area contributed by atoms with Crippen molar-refractivity contribution >= 4 is 11.8 Å². The fourth-order valence-corrected chi connectivity index (χ4v) is 2.81. The average molecular weight is 249 g/mol. The molecule has 1 fully saturated rings. The zero-order valence-corrected chi connectivity index (χ0v) is 10.9. The molecule has 18 heavy (non-hydrogen) atoms. The Morgan fingerprint density at radius 2 is 2.00 bits per heavy atom. The van der Waals surface area contributed by atoms with Crippen molar-refractivity contribution in [3.63, 3.8) is 0 Å². The van der Waals surface area contributed by atoms with Gasteiger partial charge in [-0.25, -0.2) is 4.79 Å². The summed E-state index contributed by atoms with van der Waals surface area (Å²) in [7, 11) is 0. The molecule has 4 heteroatoms. The highest BCUT2D eigenvalue weighted by atomic mass is 16.4. The number of hydrogen-bond acceptors (Lipinski definition) is 2. The van der Waals surface area contributed by atoms with Crippen molar-refractivity contribution < 1.29 is 14.7 Å². The molecule has 0 atom stereocenters. The molecule has 0 unspecified atom stereocenters. The van der Waals surface area contributed by atoms with Crippen LogP contribution in [0.4, 0.5) is 0 Å². The number of carboxylic acid groups (broad SMARTS) is 1. The van der Waals surface area contributed by atoms with E-state index in [1.165, 1.54) is 25.8 Å². The summed E-state index contributed by atoms with van der Waals surface area (Å²) in [6, 6.07) is 1.48. The quantitative estimate of drug-likeness (QED) is 0.834. The van der Waals surface area contributed by atoms with Gasteiger partial charge in [0, 0.05) is 18.3 Å². The van der Waals surface area contributed by atoms with Gasteiger partial charge in [-0.15, -0.1) is 0 Å². The zero-order chi connectivity index (χ0) is 13.3. The van der Waals surface area contributed by atoms with E-state index in [0.717, 1.165) is 12.8 Å². The average Bonchev–Trinajstić information content (AvgIpc) is 2.85. The van der Waals surface area contributed by atoms with Gasteiger partial charge in [0.25, 0.3) is 0 Å². The van der Waals surface area contributed by atoms with Gasteiger partial charge in [0.05, 0.1) is 0 Å². The van der Waals surface area contributed by atoms with Gasteiger partial charge >= 0.3 is 5.97 Å². The predicted octanol–water partition coefficient (Wildman–Crippen LogP) is 2.97. The molecule has 1 N–H and O–H groups in total. The number of carbonyl (C=O) groups excluding carboxylic acids is 1. The Labute approximate surface area is 107 Å². The van der Waals surface area contributed by atoms with Crippen LogP contribution in [0.1, 0.15) is 60.4 Å². The van der Waals surface area contributed by atoms with Crippen LogP contribution in [0.2, 0.25) is 0 Å². The molecular formula is C14H19NO3. The van der Waals surface area contributed by atoms with Crippen LogP contribution >= 0.6 is 0 Å². The molecule has 98 valence electrons. The molecule has 1 aliphatic rings. The standard InChI is InChI=1S/C14H19NO3/c1-10(16)11-7-12(13(17)18)15(8-11)9-14(2)5-3-4-6-14/h7-8H,3-6,9H2,1-2H3,(H,17,18). The van der Waals surface area contributed by atoms with Crippen LogP contribution in [0.15, 0.2) is 12.3 Å². The number of ketones is 1. The number of carbonyl (C=O) groups is 2. The molecule has 0 spiro atoms. The minimum absolute atomic E-state index is 0.0900. The zero-order valence-electron chi connectivity index (χ0n) is 10.9. The first-order valence-electron chi connectivity index (χ1n) is 6.36. The van der Waals surface area contributed by atoms with Crippen LogP contribution in [0, 0.1) is 5.41 Å². The van der Waals surface area contributed by atoms with Gasteiger partial charge in [-0.2, -0.15) is 0 Å². The summed E-state index contributed by atoms with van der Waals surface area (Å²) in [5.74, 6) is -1.06.